The Morgan fingerprint density at radius 3 is 2.67 bits per heavy atom. The molecule has 4 nitrogen and oxygen atoms in total. The van der Waals surface area contributed by atoms with Crippen LogP contribution in [0.25, 0.3) is 10.6 Å². The third kappa shape index (κ3) is 2.37. The molecule has 1 aromatic heterocycles. The predicted octanol–water partition coefficient (Wildman–Crippen LogP) is 2.33. The molecular weight excluding hydrogens is 246 g/mol. The number of nitrogens with two attached hydrogens (primary N) is 1. The van der Waals surface area contributed by atoms with Crippen LogP contribution in [0.15, 0.2) is 12.1 Å². The number of hydrogen-bond donors (Lipinski definition) is 1. The molecule has 2 N–H and O–H groups in total. The van der Waals surface area contributed by atoms with Gasteiger partial charge < -0.3 is 10.5 Å². The quantitative estimate of drug-likeness (QED) is 0.919. The van der Waals surface area contributed by atoms with E-state index in [1.54, 1.807) is 18.4 Å². The minimum absolute atomic E-state index is 0.606. The molecule has 0 bridgehead atoms. The standard InChI is InChI=1S/C13H17N3OS/c1-8-9(2)11(17-3)5-4-10(8)13-16-15-12(18-13)6-7-14/h4-5H,6-7,14H2,1-3H3. The average molecular weight is 263 g/mol. The van der Waals surface area contributed by atoms with Gasteiger partial charge in [0.15, 0.2) is 0 Å². The summed E-state index contributed by atoms with van der Waals surface area (Å²) in [6.45, 7) is 4.74. The molecule has 0 spiro atoms. The minimum atomic E-state index is 0.606. The maximum Gasteiger partial charge on any atom is 0.148 e. The fraction of sp³-hybridized carbons (Fsp3) is 0.385. The van der Waals surface area contributed by atoms with E-state index in [1.807, 2.05) is 12.1 Å². The SMILES string of the molecule is COc1ccc(-c2nnc(CCN)s2)c(C)c1C. The molecule has 1 aromatic carbocycles. The number of nitrogens with zero attached hydrogens (tertiary/aromatic N) is 2. The molecule has 0 saturated heterocycles. The lowest BCUT2D eigenvalue weighted by molar-refractivity contribution is 0.411. The molecule has 0 aliphatic heterocycles. The summed E-state index contributed by atoms with van der Waals surface area (Å²) >= 11 is 1.60. The van der Waals surface area contributed by atoms with E-state index in [2.05, 4.69) is 24.0 Å². The van der Waals surface area contributed by atoms with Gasteiger partial charge in [-0.15, -0.1) is 10.2 Å². The molecule has 0 aliphatic rings. The number of ether oxygens (including phenoxy) is 1. The molecule has 0 radical (unpaired) electrons. The van der Waals surface area contributed by atoms with Crippen LogP contribution >= 0.6 is 11.3 Å². The second-order valence-corrected chi connectivity index (χ2v) is 5.17. The van der Waals surface area contributed by atoms with Gasteiger partial charge in [-0.2, -0.15) is 0 Å². The van der Waals surface area contributed by atoms with Gasteiger partial charge in [-0.25, -0.2) is 0 Å². The van der Waals surface area contributed by atoms with Crippen molar-refractivity contribution in [3.05, 3.63) is 28.3 Å². The first-order chi connectivity index (χ1) is 8.67. The second-order valence-electron chi connectivity index (χ2n) is 4.11. The molecule has 0 aliphatic carbocycles. The Balaban J connectivity index is 2.41. The van der Waals surface area contributed by atoms with E-state index in [-0.39, 0.29) is 0 Å². The number of methoxy groups -OCH3 is 1. The largest absolute Gasteiger partial charge is 0.496 e. The maximum atomic E-state index is 5.52. The number of benzene rings is 1. The first-order valence-electron chi connectivity index (χ1n) is 5.84. The van der Waals surface area contributed by atoms with Gasteiger partial charge in [0.1, 0.15) is 15.8 Å². The van der Waals surface area contributed by atoms with Crippen molar-refractivity contribution in [1.82, 2.24) is 10.2 Å². The summed E-state index contributed by atoms with van der Waals surface area (Å²) in [6.07, 6.45) is 0.784. The summed E-state index contributed by atoms with van der Waals surface area (Å²) < 4.78 is 5.31. The van der Waals surface area contributed by atoms with Gasteiger partial charge in [-0.1, -0.05) is 11.3 Å². The van der Waals surface area contributed by atoms with Gasteiger partial charge in [0, 0.05) is 12.0 Å². The van der Waals surface area contributed by atoms with E-state index in [9.17, 15) is 0 Å². The first-order valence-corrected chi connectivity index (χ1v) is 6.66. The Hall–Kier alpha value is -1.46. The summed E-state index contributed by atoms with van der Waals surface area (Å²) in [5.74, 6) is 0.906. The second kappa shape index (κ2) is 5.46. The Kier molecular flexibility index (Phi) is 3.93. The van der Waals surface area contributed by atoms with E-state index in [0.717, 1.165) is 33.3 Å². The van der Waals surface area contributed by atoms with Gasteiger partial charge in [0.2, 0.25) is 0 Å². The molecule has 1 heterocycles. The van der Waals surface area contributed by atoms with Crippen LogP contribution in [0.2, 0.25) is 0 Å². The highest BCUT2D eigenvalue weighted by molar-refractivity contribution is 7.14. The minimum Gasteiger partial charge on any atom is -0.496 e. The molecule has 96 valence electrons. The monoisotopic (exact) mass is 263 g/mol. The van der Waals surface area contributed by atoms with Crippen molar-refractivity contribution in [1.29, 1.82) is 0 Å². The molecule has 0 fully saturated rings. The summed E-state index contributed by atoms with van der Waals surface area (Å²) in [6, 6.07) is 4.01. The van der Waals surface area contributed by atoms with Crippen molar-refractivity contribution in [2.75, 3.05) is 13.7 Å². The van der Waals surface area contributed by atoms with E-state index in [0.29, 0.717) is 6.54 Å². The van der Waals surface area contributed by atoms with Crippen molar-refractivity contribution < 1.29 is 4.74 Å². The van der Waals surface area contributed by atoms with Crippen LogP contribution in [0.3, 0.4) is 0 Å². The highest BCUT2D eigenvalue weighted by Crippen LogP contribution is 2.32. The Bertz CT molecular complexity index is 551. The summed E-state index contributed by atoms with van der Waals surface area (Å²) in [5.41, 5.74) is 8.97. The molecular formula is C13H17N3OS. The van der Waals surface area contributed by atoms with Crippen LogP contribution in [-0.4, -0.2) is 23.9 Å². The van der Waals surface area contributed by atoms with Crippen LogP contribution in [0.1, 0.15) is 16.1 Å². The third-order valence-electron chi connectivity index (χ3n) is 3.01. The van der Waals surface area contributed by atoms with Gasteiger partial charge in [0.25, 0.3) is 0 Å². The number of rotatable bonds is 4. The third-order valence-corrected chi connectivity index (χ3v) is 4.03. The number of hydrogen-bond acceptors (Lipinski definition) is 5. The lowest BCUT2D eigenvalue weighted by Gasteiger charge is -2.10. The zero-order valence-corrected chi connectivity index (χ0v) is 11.7. The smallest absolute Gasteiger partial charge is 0.148 e. The van der Waals surface area contributed by atoms with Crippen LogP contribution in [-0.2, 0) is 6.42 Å². The average Bonchev–Trinajstić information content (AvgIpc) is 2.81. The number of aromatic nitrogens is 2. The topological polar surface area (TPSA) is 61.0 Å². The van der Waals surface area contributed by atoms with E-state index in [1.165, 1.54) is 5.56 Å². The van der Waals surface area contributed by atoms with E-state index in [4.69, 9.17) is 10.5 Å². The van der Waals surface area contributed by atoms with Crippen molar-refractivity contribution in [2.45, 2.75) is 20.3 Å². The van der Waals surface area contributed by atoms with E-state index < -0.39 is 0 Å². The fourth-order valence-corrected chi connectivity index (χ4v) is 2.77. The van der Waals surface area contributed by atoms with Crippen LogP contribution in [0.4, 0.5) is 0 Å². The van der Waals surface area contributed by atoms with E-state index >= 15 is 0 Å². The van der Waals surface area contributed by atoms with Crippen molar-refractivity contribution in [2.24, 2.45) is 5.73 Å². The molecule has 0 amide bonds. The van der Waals surface area contributed by atoms with Crippen molar-refractivity contribution in [3.8, 4) is 16.3 Å². The van der Waals surface area contributed by atoms with Crippen LogP contribution in [0, 0.1) is 13.8 Å². The fourth-order valence-electron chi connectivity index (χ4n) is 1.84. The molecule has 2 aromatic rings. The summed E-state index contributed by atoms with van der Waals surface area (Å²) in [5, 5.41) is 10.3. The highest BCUT2D eigenvalue weighted by Gasteiger charge is 2.12. The molecule has 0 atom stereocenters. The Labute approximate surface area is 111 Å². The predicted molar refractivity (Wildman–Crippen MR) is 74.1 cm³/mol. The van der Waals surface area contributed by atoms with Crippen molar-refractivity contribution in [3.63, 3.8) is 0 Å². The molecule has 5 heteroatoms. The zero-order chi connectivity index (χ0) is 13.1. The normalized spacial score (nSPS) is 10.7. The summed E-state index contributed by atoms with van der Waals surface area (Å²) in [7, 11) is 1.69. The van der Waals surface area contributed by atoms with Crippen molar-refractivity contribution >= 4 is 11.3 Å². The Morgan fingerprint density at radius 2 is 2.00 bits per heavy atom. The molecule has 2 rings (SSSR count). The molecule has 0 saturated carbocycles. The van der Waals surface area contributed by atoms with Crippen LogP contribution in [0.5, 0.6) is 5.75 Å². The lowest BCUT2D eigenvalue weighted by Crippen LogP contribution is -2.01. The maximum absolute atomic E-state index is 5.52. The lowest BCUT2D eigenvalue weighted by atomic mass is 10.0. The highest BCUT2D eigenvalue weighted by atomic mass is 32.1. The van der Waals surface area contributed by atoms with Gasteiger partial charge >= 0.3 is 0 Å². The van der Waals surface area contributed by atoms with Crippen LogP contribution < -0.4 is 10.5 Å². The zero-order valence-electron chi connectivity index (χ0n) is 10.9. The molecule has 18 heavy (non-hydrogen) atoms. The first kappa shape index (κ1) is 13.0. The van der Waals surface area contributed by atoms with Gasteiger partial charge in [0.05, 0.1) is 7.11 Å². The summed E-state index contributed by atoms with van der Waals surface area (Å²) in [4.78, 5) is 0. The van der Waals surface area contributed by atoms with Gasteiger partial charge in [-0.05, 0) is 43.7 Å². The Morgan fingerprint density at radius 1 is 1.22 bits per heavy atom. The molecule has 0 unspecified atom stereocenters. The van der Waals surface area contributed by atoms with Gasteiger partial charge in [-0.3, -0.25) is 0 Å².